The van der Waals surface area contributed by atoms with E-state index < -0.39 is 5.41 Å². The quantitative estimate of drug-likeness (QED) is 0.878. The molecular weight excluding hydrogens is 340 g/mol. The Kier molecular flexibility index (Phi) is 4.72. The Morgan fingerprint density at radius 2 is 1.85 bits per heavy atom. The maximum absolute atomic E-state index is 13.0. The van der Waals surface area contributed by atoms with Crippen molar-refractivity contribution in [1.82, 2.24) is 9.97 Å². The molecule has 6 nitrogen and oxygen atoms in total. The first-order valence-corrected chi connectivity index (χ1v) is 9.64. The lowest BCUT2D eigenvalue weighted by molar-refractivity contribution is -0.118. The molecule has 1 aromatic carbocycles. The van der Waals surface area contributed by atoms with E-state index in [4.69, 9.17) is 4.74 Å². The number of hydrogen-bond donors (Lipinski definition) is 1. The molecule has 2 heterocycles. The summed E-state index contributed by atoms with van der Waals surface area (Å²) in [7, 11) is 1.64. The Bertz CT molecular complexity index is 809. The average Bonchev–Trinajstić information content (AvgIpc) is 3.51. The smallest absolute Gasteiger partial charge is 0.235 e. The largest absolute Gasteiger partial charge is 0.496 e. The third-order valence-electron chi connectivity index (χ3n) is 5.77. The molecule has 142 valence electrons. The Morgan fingerprint density at radius 3 is 2.48 bits per heavy atom. The zero-order chi connectivity index (χ0) is 18.9. The summed E-state index contributed by atoms with van der Waals surface area (Å²) >= 11 is 0. The van der Waals surface area contributed by atoms with Gasteiger partial charge in [0.25, 0.3) is 0 Å². The van der Waals surface area contributed by atoms with Gasteiger partial charge in [-0.2, -0.15) is 0 Å². The number of hydrogen-bond acceptors (Lipinski definition) is 5. The van der Waals surface area contributed by atoms with Gasteiger partial charge in [-0.25, -0.2) is 9.97 Å². The summed E-state index contributed by atoms with van der Waals surface area (Å²) in [5.74, 6) is 2.25. The van der Waals surface area contributed by atoms with Gasteiger partial charge in [-0.1, -0.05) is 25.1 Å². The van der Waals surface area contributed by atoms with Crippen LogP contribution in [0.15, 0.2) is 36.7 Å². The van der Waals surface area contributed by atoms with Crippen molar-refractivity contribution >= 4 is 17.5 Å². The van der Waals surface area contributed by atoms with Gasteiger partial charge in [-0.15, -0.1) is 0 Å². The van der Waals surface area contributed by atoms with Gasteiger partial charge in [0.05, 0.1) is 30.6 Å². The standard InChI is InChI=1S/C21H26N4O2/c1-15-7-11-25(12-8-15)20-22-13-16(14-23-20)24-19(26)21(9-10-21)17-5-3-4-6-18(17)27-2/h3-6,13-15H,7-12H2,1-2H3,(H,24,26). The molecule has 2 fully saturated rings. The van der Waals surface area contributed by atoms with Gasteiger partial charge in [-0.05, 0) is 37.7 Å². The minimum Gasteiger partial charge on any atom is -0.496 e. The lowest BCUT2D eigenvalue weighted by Crippen LogP contribution is -2.34. The molecule has 1 saturated heterocycles. The summed E-state index contributed by atoms with van der Waals surface area (Å²) in [6.45, 7) is 4.26. The van der Waals surface area contributed by atoms with Gasteiger partial charge < -0.3 is 15.0 Å². The van der Waals surface area contributed by atoms with Crippen LogP contribution in [0.5, 0.6) is 5.75 Å². The Labute approximate surface area is 160 Å². The zero-order valence-corrected chi connectivity index (χ0v) is 15.9. The number of piperidine rings is 1. The number of carbonyl (C=O) groups is 1. The first-order chi connectivity index (χ1) is 13.1. The number of anilines is 2. The van der Waals surface area contributed by atoms with Gasteiger partial charge in [0.15, 0.2) is 0 Å². The van der Waals surface area contributed by atoms with Crippen molar-refractivity contribution in [3.63, 3.8) is 0 Å². The second kappa shape index (κ2) is 7.18. The molecule has 1 saturated carbocycles. The Morgan fingerprint density at radius 1 is 1.19 bits per heavy atom. The van der Waals surface area contributed by atoms with Crippen LogP contribution in [0.2, 0.25) is 0 Å². The molecule has 6 heteroatoms. The summed E-state index contributed by atoms with van der Waals surface area (Å²) in [6, 6.07) is 7.75. The van der Waals surface area contributed by atoms with Crippen molar-refractivity contribution in [3.8, 4) is 5.75 Å². The van der Waals surface area contributed by atoms with Gasteiger partial charge in [-0.3, -0.25) is 4.79 Å². The minimum atomic E-state index is -0.506. The molecule has 27 heavy (non-hydrogen) atoms. The molecule has 0 atom stereocenters. The second-order valence-corrected chi connectivity index (χ2v) is 7.68. The number of amides is 1. The molecule has 1 aliphatic heterocycles. The molecule has 0 unspecified atom stereocenters. The SMILES string of the molecule is COc1ccccc1C1(C(=O)Nc2cnc(N3CCC(C)CC3)nc2)CC1. The summed E-state index contributed by atoms with van der Waals surface area (Å²) in [5.41, 5.74) is 1.08. The van der Waals surface area contributed by atoms with E-state index in [2.05, 4.69) is 27.1 Å². The van der Waals surface area contributed by atoms with E-state index in [1.54, 1.807) is 19.5 Å². The van der Waals surface area contributed by atoms with Crippen LogP contribution in [0, 0.1) is 5.92 Å². The average molecular weight is 366 g/mol. The minimum absolute atomic E-state index is 0.0184. The van der Waals surface area contributed by atoms with Crippen molar-refractivity contribution in [2.45, 2.75) is 38.0 Å². The number of nitrogens with zero attached hydrogens (tertiary/aromatic N) is 3. The second-order valence-electron chi connectivity index (χ2n) is 7.68. The molecule has 0 spiro atoms. The maximum atomic E-state index is 13.0. The van der Waals surface area contributed by atoms with E-state index in [1.165, 1.54) is 12.8 Å². The van der Waals surface area contributed by atoms with Crippen molar-refractivity contribution in [1.29, 1.82) is 0 Å². The molecule has 1 amide bonds. The predicted molar refractivity (Wildman–Crippen MR) is 105 cm³/mol. The predicted octanol–water partition coefficient (Wildman–Crippen LogP) is 3.39. The van der Waals surface area contributed by atoms with Crippen LogP contribution in [-0.4, -0.2) is 36.1 Å². The Balaban J connectivity index is 1.45. The van der Waals surface area contributed by atoms with Crippen molar-refractivity contribution in [3.05, 3.63) is 42.2 Å². The van der Waals surface area contributed by atoms with Crippen LogP contribution >= 0.6 is 0 Å². The highest BCUT2D eigenvalue weighted by Crippen LogP contribution is 2.51. The number of nitrogens with one attached hydrogen (secondary N) is 1. The highest BCUT2D eigenvalue weighted by atomic mass is 16.5. The number of carbonyl (C=O) groups excluding carboxylic acids is 1. The molecule has 2 aliphatic rings. The molecule has 0 bridgehead atoms. The molecule has 1 N–H and O–H groups in total. The van der Waals surface area contributed by atoms with Crippen molar-refractivity contribution < 1.29 is 9.53 Å². The molecule has 2 aromatic rings. The highest BCUT2D eigenvalue weighted by molar-refractivity contribution is 6.01. The lowest BCUT2D eigenvalue weighted by atomic mass is 9.94. The van der Waals surface area contributed by atoms with Gasteiger partial charge in [0, 0.05) is 18.7 Å². The van der Waals surface area contributed by atoms with E-state index in [1.807, 2.05) is 24.3 Å². The molecule has 1 aromatic heterocycles. The highest BCUT2D eigenvalue weighted by Gasteiger charge is 2.52. The first kappa shape index (κ1) is 17.8. The zero-order valence-electron chi connectivity index (χ0n) is 15.9. The number of para-hydroxylation sites is 1. The van der Waals surface area contributed by atoms with E-state index in [-0.39, 0.29) is 5.91 Å². The van der Waals surface area contributed by atoms with Gasteiger partial charge in [0.1, 0.15) is 5.75 Å². The van der Waals surface area contributed by atoms with Crippen LogP contribution in [0.1, 0.15) is 38.2 Å². The fourth-order valence-electron chi connectivity index (χ4n) is 3.79. The third kappa shape index (κ3) is 3.48. The number of rotatable bonds is 5. The van der Waals surface area contributed by atoms with Gasteiger partial charge in [0.2, 0.25) is 11.9 Å². The lowest BCUT2D eigenvalue weighted by Gasteiger charge is -2.30. The topological polar surface area (TPSA) is 67.3 Å². The van der Waals surface area contributed by atoms with E-state index in [0.29, 0.717) is 5.69 Å². The van der Waals surface area contributed by atoms with Crippen LogP contribution in [0.25, 0.3) is 0 Å². The van der Waals surface area contributed by atoms with E-state index >= 15 is 0 Å². The normalized spacial score (nSPS) is 18.8. The summed E-state index contributed by atoms with van der Waals surface area (Å²) in [6.07, 6.45) is 7.40. The van der Waals surface area contributed by atoms with Crippen LogP contribution in [0.4, 0.5) is 11.6 Å². The summed E-state index contributed by atoms with van der Waals surface area (Å²) in [4.78, 5) is 24.1. The Hall–Kier alpha value is -2.63. The maximum Gasteiger partial charge on any atom is 0.235 e. The van der Waals surface area contributed by atoms with E-state index in [0.717, 1.165) is 49.1 Å². The number of ether oxygens (including phenoxy) is 1. The number of benzene rings is 1. The molecular formula is C21H26N4O2. The van der Waals surface area contributed by atoms with Crippen LogP contribution in [0.3, 0.4) is 0 Å². The van der Waals surface area contributed by atoms with Crippen molar-refractivity contribution in [2.24, 2.45) is 5.92 Å². The van der Waals surface area contributed by atoms with Gasteiger partial charge >= 0.3 is 0 Å². The third-order valence-corrected chi connectivity index (χ3v) is 5.77. The van der Waals surface area contributed by atoms with Crippen LogP contribution in [-0.2, 0) is 10.2 Å². The van der Waals surface area contributed by atoms with Crippen LogP contribution < -0.4 is 15.0 Å². The molecule has 0 radical (unpaired) electrons. The number of aromatic nitrogens is 2. The summed E-state index contributed by atoms with van der Waals surface area (Å²) in [5, 5.41) is 2.99. The van der Waals surface area contributed by atoms with E-state index in [9.17, 15) is 4.79 Å². The molecule has 1 aliphatic carbocycles. The number of methoxy groups -OCH3 is 1. The summed E-state index contributed by atoms with van der Waals surface area (Å²) < 4.78 is 5.45. The monoisotopic (exact) mass is 366 g/mol. The first-order valence-electron chi connectivity index (χ1n) is 9.64. The molecule has 4 rings (SSSR count). The fraction of sp³-hybridized carbons (Fsp3) is 0.476. The van der Waals surface area contributed by atoms with Crippen molar-refractivity contribution in [2.75, 3.05) is 30.4 Å². The fourth-order valence-corrected chi connectivity index (χ4v) is 3.79.